The molecule has 0 bridgehead atoms. The Labute approximate surface area is 103 Å². The van der Waals surface area contributed by atoms with Gasteiger partial charge < -0.3 is 0 Å². The monoisotopic (exact) mass is 223 g/mol. The average molecular weight is 223 g/mol. The second-order valence-electron chi connectivity index (χ2n) is 4.46. The van der Waals surface area contributed by atoms with E-state index in [-0.39, 0.29) is 0 Å². The van der Waals surface area contributed by atoms with E-state index in [1.165, 1.54) is 16.7 Å². The van der Waals surface area contributed by atoms with E-state index in [1.54, 1.807) is 0 Å². The van der Waals surface area contributed by atoms with Crippen molar-refractivity contribution in [1.29, 1.82) is 0 Å². The van der Waals surface area contributed by atoms with Gasteiger partial charge in [0.25, 0.3) is 0 Å². The maximum Gasteiger partial charge on any atom is 0.0633 e. The molecule has 0 atom stereocenters. The Morgan fingerprint density at radius 1 is 0.882 bits per heavy atom. The van der Waals surface area contributed by atoms with Gasteiger partial charge in [-0.2, -0.15) is 0 Å². The first-order chi connectivity index (χ1) is 8.13. The third-order valence-corrected chi connectivity index (χ3v) is 2.60. The van der Waals surface area contributed by atoms with Crippen LogP contribution in [-0.2, 0) is 0 Å². The summed E-state index contributed by atoms with van der Waals surface area (Å²) < 4.78 is 0. The highest BCUT2D eigenvalue weighted by Gasteiger charge is 1.93. The van der Waals surface area contributed by atoms with Crippen molar-refractivity contribution in [3.05, 3.63) is 64.5 Å². The molecule has 0 aliphatic rings. The van der Waals surface area contributed by atoms with Crippen LogP contribution in [0.4, 0.5) is 0 Å². The number of rotatable bonds is 2. The largest absolute Gasteiger partial charge is 0.254 e. The Hall–Kier alpha value is -1.89. The van der Waals surface area contributed by atoms with E-state index in [1.807, 2.05) is 25.1 Å². The van der Waals surface area contributed by atoms with Crippen LogP contribution in [0.5, 0.6) is 0 Å². The fourth-order valence-corrected chi connectivity index (χ4v) is 1.94. The minimum atomic E-state index is 1.00. The Morgan fingerprint density at radius 3 is 2.24 bits per heavy atom. The van der Waals surface area contributed by atoms with Gasteiger partial charge in [-0.25, -0.2) is 0 Å². The number of nitrogens with zero attached hydrogens (tertiary/aromatic N) is 1. The molecule has 0 N–H and O–H groups in total. The molecular weight excluding hydrogens is 206 g/mol. The first-order valence-electron chi connectivity index (χ1n) is 5.83. The van der Waals surface area contributed by atoms with Crippen LogP contribution in [0.1, 0.15) is 28.1 Å². The third kappa shape index (κ3) is 3.28. The van der Waals surface area contributed by atoms with Gasteiger partial charge in [-0.05, 0) is 44.5 Å². The molecule has 2 rings (SSSR count). The van der Waals surface area contributed by atoms with Crippen molar-refractivity contribution < 1.29 is 0 Å². The van der Waals surface area contributed by atoms with Gasteiger partial charge in [0.2, 0.25) is 0 Å². The van der Waals surface area contributed by atoms with Crippen LogP contribution in [-0.4, -0.2) is 4.98 Å². The van der Waals surface area contributed by atoms with Gasteiger partial charge in [0, 0.05) is 5.69 Å². The molecule has 0 saturated carbocycles. The second kappa shape index (κ2) is 4.96. The van der Waals surface area contributed by atoms with Crippen LogP contribution < -0.4 is 0 Å². The van der Waals surface area contributed by atoms with Gasteiger partial charge in [0.15, 0.2) is 0 Å². The highest BCUT2D eigenvalue weighted by atomic mass is 14.7. The van der Waals surface area contributed by atoms with E-state index in [2.05, 4.69) is 49.2 Å². The fraction of sp³-hybridized carbons (Fsp3) is 0.188. The number of aryl methyl sites for hydroxylation is 3. The summed E-state index contributed by atoms with van der Waals surface area (Å²) in [5, 5.41) is 0. The molecule has 1 nitrogen and oxygen atoms in total. The fourth-order valence-electron chi connectivity index (χ4n) is 1.94. The summed E-state index contributed by atoms with van der Waals surface area (Å²) in [5.74, 6) is 0. The highest BCUT2D eigenvalue weighted by molar-refractivity contribution is 5.68. The molecule has 0 amide bonds. The van der Waals surface area contributed by atoms with Gasteiger partial charge in [-0.15, -0.1) is 0 Å². The average Bonchev–Trinajstić information content (AvgIpc) is 2.25. The topological polar surface area (TPSA) is 12.9 Å². The van der Waals surface area contributed by atoms with Crippen LogP contribution in [0.3, 0.4) is 0 Å². The van der Waals surface area contributed by atoms with Gasteiger partial charge in [0.05, 0.1) is 5.69 Å². The van der Waals surface area contributed by atoms with Crippen molar-refractivity contribution in [1.82, 2.24) is 4.98 Å². The summed E-state index contributed by atoms with van der Waals surface area (Å²) in [4.78, 5) is 4.45. The molecule has 1 aromatic carbocycles. The van der Waals surface area contributed by atoms with Crippen LogP contribution in [0.2, 0.25) is 0 Å². The van der Waals surface area contributed by atoms with Crippen molar-refractivity contribution in [2.24, 2.45) is 0 Å². The number of hydrogen-bond acceptors (Lipinski definition) is 1. The quantitative estimate of drug-likeness (QED) is 0.744. The number of aromatic nitrogens is 1. The van der Waals surface area contributed by atoms with Gasteiger partial charge in [0.1, 0.15) is 0 Å². The van der Waals surface area contributed by atoms with E-state index in [0.29, 0.717) is 0 Å². The molecule has 0 unspecified atom stereocenters. The Morgan fingerprint density at radius 2 is 1.59 bits per heavy atom. The number of benzene rings is 1. The zero-order valence-corrected chi connectivity index (χ0v) is 10.6. The molecule has 17 heavy (non-hydrogen) atoms. The van der Waals surface area contributed by atoms with Crippen LogP contribution >= 0.6 is 0 Å². The SMILES string of the molecule is Cc1cc(C)cc(/C=C/c2cccc(C)n2)c1. The van der Waals surface area contributed by atoms with Gasteiger partial charge in [-0.1, -0.05) is 41.5 Å². The lowest BCUT2D eigenvalue weighted by Gasteiger charge is -2.00. The zero-order valence-electron chi connectivity index (χ0n) is 10.6. The lowest BCUT2D eigenvalue weighted by molar-refractivity contribution is 1.18. The number of hydrogen-bond donors (Lipinski definition) is 0. The second-order valence-corrected chi connectivity index (χ2v) is 4.46. The summed E-state index contributed by atoms with van der Waals surface area (Å²) >= 11 is 0. The molecule has 0 aliphatic heterocycles. The standard InChI is InChI=1S/C16H17N/c1-12-9-13(2)11-15(10-12)7-8-16-6-4-5-14(3)17-16/h4-11H,1-3H3/b8-7+. The van der Waals surface area contributed by atoms with Crippen molar-refractivity contribution in [3.63, 3.8) is 0 Å². The smallest absolute Gasteiger partial charge is 0.0633 e. The van der Waals surface area contributed by atoms with Crippen molar-refractivity contribution in [2.45, 2.75) is 20.8 Å². The predicted molar refractivity (Wildman–Crippen MR) is 73.8 cm³/mol. The van der Waals surface area contributed by atoms with E-state index >= 15 is 0 Å². The van der Waals surface area contributed by atoms with Crippen LogP contribution in [0.15, 0.2) is 36.4 Å². The molecule has 2 aromatic rings. The minimum Gasteiger partial charge on any atom is -0.254 e. The molecule has 1 aromatic heterocycles. The molecule has 0 radical (unpaired) electrons. The molecule has 0 aliphatic carbocycles. The molecule has 0 fully saturated rings. The molecule has 1 heteroatoms. The maximum absolute atomic E-state index is 4.45. The Kier molecular flexibility index (Phi) is 3.38. The van der Waals surface area contributed by atoms with Gasteiger partial charge >= 0.3 is 0 Å². The zero-order chi connectivity index (χ0) is 12.3. The summed E-state index contributed by atoms with van der Waals surface area (Å²) in [6.07, 6.45) is 4.17. The normalized spacial score (nSPS) is 11.0. The Bertz CT molecular complexity index is 533. The molecule has 0 saturated heterocycles. The summed E-state index contributed by atoms with van der Waals surface area (Å²) in [5.41, 5.74) is 5.87. The third-order valence-electron chi connectivity index (χ3n) is 2.60. The highest BCUT2D eigenvalue weighted by Crippen LogP contribution is 2.12. The number of pyridine rings is 1. The molecule has 1 heterocycles. The maximum atomic E-state index is 4.45. The summed E-state index contributed by atoms with van der Waals surface area (Å²) in [7, 11) is 0. The summed E-state index contributed by atoms with van der Waals surface area (Å²) in [6, 6.07) is 12.6. The van der Waals surface area contributed by atoms with E-state index < -0.39 is 0 Å². The van der Waals surface area contributed by atoms with Crippen molar-refractivity contribution in [2.75, 3.05) is 0 Å². The first-order valence-corrected chi connectivity index (χ1v) is 5.83. The molecule has 0 spiro atoms. The van der Waals surface area contributed by atoms with Crippen LogP contribution in [0.25, 0.3) is 12.2 Å². The molecular formula is C16H17N. The minimum absolute atomic E-state index is 1.00. The van der Waals surface area contributed by atoms with Crippen molar-refractivity contribution >= 4 is 12.2 Å². The van der Waals surface area contributed by atoms with E-state index in [4.69, 9.17) is 0 Å². The Balaban J connectivity index is 2.25. The van der Waals surface area contributed by atoms with E-state index in [9.17, 15) is 0 Å². The van der Waals surface area contributed by atoms with E-state index in [0.717, 1.165) is 11.4 Å². The summed E-state index contributed by atoms with van der Waals surface area (Å²) in [6.45, 7) is 6.25. The predicted octanol–water partition coefficient (Wildman–Crippen LogP) is 4.18. The molecule has 86 valence electrons. The van der Waals surface area contributed by atoms with Crippen LogP contribution in [0, 0.1) is 20.8 Å². The lowest BCUT2D eigenvalue weighted by Crippen LogP contribution is -1.84. The lowest BCUT2D eigenvalue weighted by atomic mass is 10.1. The van der Waals surface area contributed by atoms with Crippen molar-refractivity contribution in [3.8, 4) is 0 Å². The van der Waals surface area contributed by atoms with Gasteiger partial charge in [-0.3, -0.25) is 4.98 Å². The first kappa shape index (κ1) is 11.6.